The molecule has 0 radical (unpaired) electrons. The van der Waals surface area contributed by atoms with Gasteiger partial charge in [-0.1, -0.05) is 19.1 Å². The lowest BCUT2D eigenvalue weighted by atomic mass is 9.98. The van der Waals surface area contributed by atoms with Crippen LogP contribution in [-0.2, 0) is 0 Å². The summed E-state index contributed by atoms with van der Waals surface area (Å²) < 4.78 is 14.0. The smallest absolute Gasteiger partial charge is 0.270 e. The van der Waals surface area contributed by atoms with Gasteiger partial charge in [0.25, 0.3) is 17.5 Å². The van der Waals surface area contributed by atoms with Gasteiger partial charge in [-0.15, -0.1) is 0 Å². The molecule has 0 bridgehead atoms. The lowest BCUT2D eigenvalue weighted by Gasteiger charge is -2.36. The molecule has 10 heteroatoms. The average molecular weight is 546 g/mol. The van der Waals surface area contributed by atoms with E-state index in [0.717, 1.165) is 31.6 Å². The van der Waals surface area contributed by atoms with Crippen LogP contribution in [0.3, 0.4) is 0 Å². The number of halogens is 1. The Hall–Kier alpha value is -4.47. The normalized spacial score (nSPS) is 16.1. The van der Waals surface area contributed by atoms with Crippen LogP contribution in [-0.4, -0.2) is 60.9 Å². The molecular formula is C30H32FN5O4. The Morgan fingerprint density at radius 2 is 1.55 bits per heavy atom. The van der Waals surface area contributed by atoms with Gasteiger partial charge in [-0.3, -0.25) is 19.7 Å². The zero-order valence-electron chi connectivity index (χ0n) is 22.4. The van der Waals surface area contributed by atoms with Crippen molar-refractivity contribution in [1.29, 1.82) is 0 Å². The Bertz CT molecular complexity index is 1400. The number of piperazine rings is 1. The zero-order chi connectivity index (χ0) is 28.2. The number of nitro benzene ring substituents is 1. The largest absolute Gasteiger partial charge is 0.371 e. The lowest BCUT2D eigenvalue weighted by molar-refractivity contribution is -0.384. The summed E-state index contributed by atoms with van der Waals surface area (Å²) in [5.41, 5.74) is 2.46. The van der Waals surface area contributed by atoms with Gasteiger partial charge in [0.2, 0.25) is 0 Å². The first-order valence-electron chi connectivity index (χ1n) is 13.5. The van der Waals surface area contributed by atoms with Crippen molar-refractivity contribution in [1.82, 2.24) is 4.90 Å². The molecule has 0 spiro atoms. The van der Waals surface area contributed by atoms with Crippen LogP contribution in [0.25, 0.3) is 0 Å². The van der Waals surface area contributed by atoms with Gasteiger partial charge in [0.05, 0.1) is 21.7 Å². The highest BCUT2D eigenvalue weighted by Crippen LogP contribution is 2.30. The van der Waals surface area contributed by atoms with Crippen LogP contribution in [0.4, 0.5) is 27.1 Å². The van der Waals surface area contributed by atoms with E-state index in [1.165, 1.54) is 24.3 Å². The van der Waals surface area contributed by atoms with Gasteiger partial charge < -0.3 is 20.0 Å². The van der Waals surface area contributed by atoms with Crippen LogP contribution in [0.5, 0.6) is 0 Å². The van der Waals surface area contributed by atoms with Crippen molar-refractivity contribution in [2.45, 2.75) is 19.8 Å². The Kier molecular flexibility index (Phi) is 7.95. The van der Waals surface area contributed by atoms with Gasteiger partial charge in [0.1, 0.15) is 5.82 Å². The highest BCUT2D eigenvalue weighted by atomic mass is 19.1. The quantitative estimate of drug-likeness (QED) is 0.338. The molecule has 0 saturated carbocycles. The van der Waals surface area contributed by atoms with Gasteiger partial charge >= 0.3 is 0 Å². The van der Waals surface area contributed by atoms with Crippen molar-refractivity contribution in [3.63, 3.8) is 0 Å². The number of nitro groups is 1. The first-order valence-corrected chi connectivity index (χ1v) is 13.5. The Labute approximate surface area is 232 Å². The van der Waals surface area contributed by atoms with Crippen molar-refractivity contribution in [3.05, 3.63) is 93.8 Å². The van der Waals surface area contributed by atoms with Gasteiger partial charge in [-0.2, -0.15) is 0 Å². The summed E-state index contributed by atoms with van der Waals surface area (Å²) in [7, 11) is 0. The Morgan fingerprint density at radius 1 is 0.875 bits per heavy atom. The summed E-state index contributed by atoms with van der Waals surface area (Å²) in [5.74, 6) is -0.614. The predicted octanol–water partition coefficient (Wildman–Crippen LogP) is 5.18. The third-order valence-electron chi connectivity index (χ3n) is 7.72. The highest BCUT2D eigenvalue weighted by molar-refractivity contribution is 6.08. The molecule has 208 valence electrons. The number of hydrogen-bond acceptors (Lipinski definition) is 6. The highest BCUT2D eigenvalue weighted by Gasteiger charge is 2.25. The number of anilines is 3. The monoisotopic (exact) mass is 545 g/mol. The molecule has 0 aromatic heterocycles. The molecule has 0 aliphatic carbocycles. The van der Waals surface area contributed by atoms with E-state index in [0.29, 0.717) is 43.5 Å². The van der Waals surface area contributed by atoms with Crippen molar-refractivity contribution in [2.24, 2.45) is 5.92 Å². The number of amides is 2. The SMILES string of the molecule is CC1CCN(c2ccc([N+](=O)[O-])cc2C(=O)Nc2ccc(N3CCN(C(=O)c4ccccc4F)CC3)cc2)CC1. The van der Waals surface area contributed by atoms with Crippen LogP contribution in [0, 0.1) is 21.8 Å². The van der Waals surface area contributed by atoms with Crippen LogP contribution in [0.15, 0.2) is 66.7 Å². The maximum atomic E-state index is 14.0. The van der Waals surface area contributed by atoms with E-state index in [-0.39, 0.29) is 22.7 Å². The maximum Gasteiger partial charge on any atom is 0.270 e. The van der Waals surface area contributed by atoms with Crippen molar-refractivity contribution < 1.29 is 18.9 Å². The van der Waals surface area contributed by atoms with E-state index >= 15 is 0 Å². The molecule has 40 heavy (non-hydrogen) atoms. The molecule has 1 N–H and O–H groups in total. The topological polar surface area (TPSA) is 99.0 Å². The molecule has 0 unspecified atom stereocenters. The van der Waals surface area contributed by atoms with E-state index in [1.807, 2.05) is 12.1 Å². The Balaban J connectivity index is 1.24. The second-order valence-corrected chi connectivity index (χ2v) is 10.4. The zero-order valence-corrected chi connectivity index (χ0v) is 22.4. The summed E-state index contributed by atoms with van der Waals surface area (Å²) in [6.45, 7) is 5.93. The molecule has 9 nitrogen and oxygen atoms in total. The number of piperidine rings is 1. The minimum Gasteiger partial charge on any atom is -0.371 e. The second-order valence-electron chi connectivity index (χ2n) is 10.4. The number of carbonyl (C=O) groups excluding carboxylic acids is 2. The van der Waals surface area contributed by atoms with Crippen molar-refractivity contribution in [2.75, 3.05) is 54.4 Å². The predicted molar refractivity (Wildman–Crippen MR) is 153 cm³/mol. The summed E-state index contributed by atoms with van der Waals surface area (Å²) in [6, 6.07) is 17.8. The number of nitrogens with zero attached hydrogens (tertiary/aromatic N) is 4. The number of non-ortho nitro benzene ring substituents is 1. The third kappa shape index (κ3) is 5.90. The first-order chi connectivity index (χ1) is 19.3. The minimum absolute atomic E-state index is 0.0813. The van der Waals surface area contributed by atoms with Gasteiger partial charge in [-0.05, 0) is 61.2 Å². The number of benzene rings is 3. The fourth-order valence-corrected chi connectivity index (χ4v) is 5.27. The fraction of sp³-hybridized carbons (Fsp3) is 0.333. The summed E-state index contributed by atoms with van der Waals surface area (Å²) >= 11 is 0. The summed E-state index contributed by atoms with van der Waals surface area (Å²) in [5, 5.41) is 14.3. The van der Waals surface area contributed by atoms with E-state index < -0.39 is 16.6 Å². The number of nitrogens with one attached hydrogen (secondary N) is 1. The van der Waals surface area contributed by atoms with E-state index in [1.54, 1.807) is 35.2 Å². The average Bonchev–Trinajstić information content (AvgIpc) is 2.97. The van der Waals surface area contributed by atoms with Gasteiger partial charge in [0.15, 0.2) is 0 Å². The van der Waals surface area contributed by atoms with Gasteiger partial charge in [-0.25, -0.2) is 4.39 Å². The number of carbonyl (C=O) groups is 2. The van der Waals surface area contributed by atoms with Crippen LogP contribution in [0.1, 0.15) is 40.5 Å². The van der Waals surface area contributed by atoms with E-state index in [9.17, 15) is 24.1 Å². The number of rotatable bonds is 6. The lowest BCUT2D eigenvalue weighted by Crippen LogP contribution is -2.49. The Morgan fingerprint density at radius 3 is 2.20 bits per heavy atom. The van der Waals surface area contributed by atoms with Crippen LogP contribution in [0.2, 0.25) is 0 Å². The molecule has 2 heterocycles. The molecular weight excluding hydrogens is 513 g/mol. The molecule has 2 fully saturated rings. The number of hydrogen-bond donors (Lipinski definition) is 1. The first kappa shape index (κ1) is 27.1. The van der Waals surface area contributed by atoms with Crippen molar-refractivity contribution in [3.8, 4) is 0 Å². The molecule has 0 atom stereocenters. The second kappa shape index (κ2) is 11.7. The van der Waals surface area contributed by atoms with E-state index in [4.69, 9.17) is 0 Å². The molecule has 2 aliphatic heterocycles. The van der Waals surface area contributed by atoms with Gasteiger partial charge in [0, 0.05) is 62.8 Å². The molecule has 2 saturated heterocycles. The molecule has 3 aromatic carbocycles. The third-order valence-corrected chi connectivity index (χ3v) is 7.72. The minimum atomic E-state index is -0.518. The fourth-order valence-electron chi connectivity index (χ4n) is 5.27. The molecule has 2 aliphatic rings. The maximum absolute atomic E-state index is 14.0. The standard InChI is InChI=1S/C30H32FN5O4/c1-21-12-14-34(15-13-21)28-11-10-24(36(39)40)20-26(28)29(37)32-22-6-8-23(9-7-22)33-16-18-35(19-17-33)30(38)25-4-2-3-5-27(25)31/h2-11,20-21H,12-19H2,1H3,(H,32,37). The molecule has 2 amide bonds. The molecule has 5 rings (SSSR count). The van der Waals surface area contributed by atoms with Crippen LogP contribution >= 0.6 is 0 Å². The summed E-state index contributed by atoms with van der Waals surface area (Å²) in [6.07, 6.45) is 2.01. The van der Waals surface area contributed by atoms with Crippen molar-refractivity contribution >= 4 is 34.6 Å². The van der Waals surface area contributed by atoms with Crippen LogP contribution < -0.4 is 15.1 Å². The van der Waals surface area contributed by atoms with E-state index in [2.05, 4.69) is 22.0 Å². The molecule has 3 aromatic rings. The summed E-state index contributed by atoms with van der Waals surface area (Å²) in [4.78, 5) is 42.9.